The molecule has 3 rings (SSSR count). The summed E-state index contributed by atoms with van der Waals surface area (Å²) in [6.07, 6.45) is 2.39. The molecule has 0 unspecified atom stereocenters. The summed E-state index contributed by atoms with van der Waals surface area (Å²) in [6, 6.07) is 15.4. The predicted octanol–water partition coefficient (Wildman–Crippen LogP) is 4.14. The molecule has 118 valence electrons. The van der Waals surface area contributed by atoms with Crippen molar-refractivity contribution in [2.75, 3.05) is 5.32 Å². The molecule has 0 saturated heterocycles. The smallest absolute Gasteiger partial charge is 0.228 e. The second-order valence-corrected chi connectivity index (χ2v) is 5.82. The first-order valence-corrected chi connectivity index (χ1v) is 7.73. The van der Waals surface area contributed by atoms with Gasteiger partial charge in [-0.05, 0) is 67.3 Å². The predicted molar refractivity (Wildman–Crippen MR) is 92.8 cm³/mol. The van der Waals surface area contributed by atoms with Crippen molar-refractivity contribution in [2.45, 2.75) is 26.4 Å². The second kappa shape index (κ2) is 6.57. The van der Waals surface area contributed by atoms with Crippen LogP contribution in [0.2, 0.25) is 0 Å². The molecule has 1 aromatic heterocycles. The van der Waals surface area contributed by atoms with Crippen molar-refractivity contribution in [1.82, 2.24) is 4.98 Å². The van der Waals surface area contributed by atoms with Gasteiger partial charge in [0.1, 0.15) is 5.75 Å². The number of fused-ring (bicyclic) bond motifs is 1. The van der Waals surface area contributed by atoms with Gasteiger partial charge in [-0.15, -0.1) is 0 Å². The van der Waals surface area contributed by atoms with E-state index in [9.17, 15) is 4.79 Å². The second-order valence-electron chi connectivity index (χ2n) is 5.82. The molecule has 0 aliphatic rings. The number of benzene rings is 2. The zero-order valence-electron chi connectivity index (χ0n) is 13.3. The Morgan fingerprint density at radius 1 is 1.13 bits per heavy atom. The standard InChI is InChI=1S/C19H20N2O2/c1-13(2)23-17-6-4-16(5-7-17)21-19(22)12-14-3-8-18-15(11-14)9-10-20-18/h3-11,13,20H,12H2,1-2H3,(H,21,22). The maximum atomic E-state index is 12.2. The highest BCUT2D eigenvalue weighted by atomic mass is 16.5. The average Bonchev–Trinajstić information content (AvgIpc) is 2.96. The molecule has 0 atom stereocenters. The van der Waals surface area contributed by atoms with Gasteiger partial charge in [0.2, 0.25) is 5.91 Å². The van der Waals surface area contributed by atoms with Gasteiger partial charge in [-0.2, -0.15) is 0 Å². The van der Waals surface area contributed by atoms with E-state index in [1.165, 1.54) is 0 Å². The van der Waals surface area contributed by atoms with E-state index in [0.29, 0.717) is 6.42 Å². The lowest BCUT2D eigenvalue weighted by Gasteiger charge is -2.10. The van der Waals surface area contributed by atoms with Gasteiger partial charge >= 0.3 is 0 Å². The summed E-state index contributed by atoms with van der Waals surface area (Å²) in [5.74, 6) is 0.772. The van der Waals surface area contributed by atoms with Gasteiger partial charge < -0.3 is 15.0 Å². The maximum Gasteiger partial charge on any atom is 0.228 e. The van der Waals surface area contributed by atoms with Crippen LogP contribution in [0.4, 0.5) is 5.69 Å². The lowest BCUT2D eigenvalue weighted by atomic mass is 10.1. The SMILES string of the molecule is CC(C)Oc1ccc(NC(=O)Cc2ccc3[nH]ccc3c2)cc1. The Hall–Kier alpha value is -2.75. The highest BCUT2D eigenvalue weighted by Gasteiger charge is 2.06. The van der Waals surface area contributed by atoms with Gasteiger partial charge in [0, 0.05) is 17.4 Å². The van der Waals surface area contributed by atoms with Crippen molar-refractivity contribution in [3.05, 3.63) is 60.3 Å². The monoisotopic (exact) mass is 308 g/mol. The molecule has 4 heteroatoms. The van der Waals surface area contributed by atoms with Crippen LogP contribution in [-0.4, -0.2) is 17.0 Å². The van der Waals surface area contributed by atoms with Crippen molar-refractivity contribution in [2.24, 2.45) is 0 Å². The molecule has 23 heavy (non-hydrogen) atoms. The van der Waals surface area contributed by atoms with Crippen molar-refractivity contribution in [3.63, 3.8) is 0 Å². The zero-order valence-corrected chi connectivity index (χ0v) is 13.3. The van der Waals surface area contributed by atoms with E-state index in [0.717, 1.165) is 27.9 Å². The topological polar surface area (TPSA) is 54.1 Å². The lowest BCUT2D eigenvalue weighted by Crippen LogP contribution is -2.14. The number of carbonyl (C=O) groups excluding carboxylic acids is 1. The number of amides is 1. The molecule has 3 aromatic rings. The van der Waals surface area contributed by atoms with Crippen LogP contribution in [0.1, 0.15) is 19.4 Å². The van der Waals surface area contributed by atoms with Gasteiger partial charge in [0.15, 0.2) is 0 Å². The van der Waals surface area contributed by atoms with Crippen LogP contribution in [-0.2, 0) is 11.2 Å². The molecule has 2 N–H and O–H groups in total. The minimum absolute atomic E-state index is 0.0302. The van der Waals surface area contributed by atoms with Crippen molar-refractivity contribution in [1.29, 1.82) is 0 Å². The fraction of sp³-hybridized carbons (Fsp3) is 0.211. The minimum atomic E-state index is -0.0302. The number of rotatable bonds is 5. The lowest BCUT2D eigenvalue weighted by molar-refractivity contribution is -0.115. The number of hydrogen-bond acceptors (Lipinski definition) is 2. The number of aromatic amines is 1. The van der Waals surface area contributed by atoms with E-state index in [2.05, 4.69) is 10.3 Å². The first kappa shape index (κ1) is 15.2. The Balaban J connectivity index is 1.62. The molecule has 2 aromatic carbocycles. The van der Waals surface area contributed by atoms with Crippen LogP contribution < -0.4 is 10.1 Å². The van der Waals surface area contributed by atoms with Crippen LogP contribution >= 0.6 is 0 Å². The largest absolute Gasteiger partial charge is 0.491 e. The van der Waals surface area contributed by atoms with Crippen molar-refractivity contribution < 1.29 is 9.53 Å². The van der Waals surface area contributed by atoms with Gasteiger partial charge in [-0.3, -0.25) is 4.79 Å². The van der Waals surface area contributed by atoms with Crippen molar-refractivity contribution in [3.8, 4) is 5.75 Å². The third-order valence-electron chi connectivity index (χ3n) is 3.49. The third kappa shape index (κ3) is 3.92. The van der Waals surface area contributed by atoms with Crippen LogP contribution in [0.3, 0.4) is 0 Å². The number of nitrogens with one attached hydrogen (secondary N) is 2. The molecule has 1 heterocycles. The summed E-state index contributed by atoms with van der Waals surface area (Å²) in [5.41, 5.74) is 2.85. The van der Waals surface area contributed by atoms with Gasteiger partial charge in [0.25, 0.3) is 0 Å². The zero-order chi connectivity index (χ0) is 16.2. The molecule has 1 amide bonds. The minimum Gasteiger partial charge on any atom is -0.491 e. The molecular formula is C19H20N2O2. The number of H-pyrrole nitrogens is 1. The summed E-state index contributed by atoms with van der Waals surface area (Å²) < 4.78 is 5.59. The van der Waals surface area contributed by atoms with E-state index in [4.69, 9.17) is 4.74 Å². The quantitative estimate of drug-likeness (QED) is 0.744. The number of ether oxygens (including phenoxy) is 1. The Kier molecular flexibility index (Phi) is 4.33. The molecule has 0 aliphatic carbocycles. The van der Waals surface area contributed by atoms with Crippen LogP contribution in [0, 0.1) is 0 Å². The summed E-state index contributed by atoms with van der Waals surface area (Å²) in [5, 5.41) is 4.03. The van der Waals surface area contributed by atoms with E-state index >= 15 is 0 Å². The third-order valence-corrected chi connectivity index (χ3v) is 3.49. The first-order valence-electron chi connectivity index (χ1n) is 7.73. The molecule has 0 spiro atoms. The number of aromatic nitrogens is 1. The molecule has 0 fully saturated rings. The maximum absolute atomic E-state index is 12.2. The van der Waals surface area contributed by atoms with E-state index < -0.39 is 0 Å². The highest BCUT2D eigenvalue weighted by Crippen LogP contribution is 2.18. The van der Waals surface area contributed by atoms with Crippen LogP contribution in [0.15, 0.2) is 54.7 Å². The summed E-state index contributed by atoms with van der Waals surface area (Å²) in [4.78, 5) is 15.3. The normalized spacial score (nSPS) is 10.9. The first-order chi connectivity index (χ1) is 11.1. The molecule has 0 saturated carbocycles. The summed E-state index contributed by atoms with van der Waals surface area (Å²) >= 11 is 0. The summed E-state index contributed by atoms with van der Waals surface area (Å²) in [6.45, 7) is 3.97. The molecule has 0 radical (unpaired) electrons. The van der Waals surface area contributed by atoms with Crippen LogP contribution in [0.5, 0.6) is 5.75 Å². The molecule has 0 bridgehead atoms. The van der Waals surface area contributed by atoms with E-state index in [-0.39, 0.29) is 12.0 Å². The molecular weight excluding hydrogens is 288 g/mol. The van der Waals surface area contributed by atoms with E-state index in [1.54, 1.807) is 0 Å². The van der Waals surface area contributed by atoms with Crippen molar-refractivity contribution >= 4 is 22.5 Å². The average molecular weight is 308 g/mol. The number of carbonyl (C=O) groups is 1. The number of anilines is 1. The fourth-order valence-electron chi connectivity index (χ4n) is 2.49. The highest BCUT2D eigenvalue weighted by molar-refractivity contribution is 5.93. The fourth-order valence-corrected chi connectivity index (χ4v) is 2.49. The Bertz CT molecular complexity index is 804. The van der Waals surface area contributed by atoms with Crippen LogP contribution in [0.25, 0.3) is 10.9 Å². The van der Waals surface area contributed by atoms with Gasteiger partial charge in [-0.1, -0.05) is 6.07 Å². The molecule has 4 nitrogen and oxygen atoms in total. The van der Waals surface area contributed by atoms with Gasteiger partial charge in [-0.25, -0.2) is 0 Å². The van der Waals surface area contributed by atoms with Gasteiger partial charge in [0.05, 0.1) is 12.5 Å². The number of hydrogen-bond donors (Lipinski definition) is 2. The van der Waals surface area contributed by atoms with E-state index in [1.807, 2.05) is 68.6 Å². The molecule has 0 aliphatic heterocycles. The Morgan fingerprint density at radius 2 is 1.91 bits per heavy atom. The Labute approximate surface area is 135 Å². The Morgan fingerprint density at radius 3 is 2.65 bits per heavy atom. The summed E-state index contributed by atoms with van der Waals surface area (Å²) in [7, 11) is 0.